The molecule has 5 heteroatoms. The Morgan fingerprint density at radius 1 is 1.00 bits per heavy atom. The molecule has 5 nitrogen and oxygen atoms in total. The van der Waals surface area contributed by atoms with Crippen molar-refractivity contribution in [3.05, 3.63) is 71.3 Å². The van der Waals surface area contributed by atoms with Gasteiger partial charge in [0, 0.05) is 5.56 Å². The maximum absolute atomic E-state index is 12.1. The van der Waals surface area contributed by atoms with Crippen LogP contribution in [-0.4, -0.2) is 25.3 Å². The Morgan fingerprint density at radius 3 is 2.50 bits per heavy atom. The number of aryl methyl sites for hydroxylation is 2. The van der Waals surface area contributed by atoms with E-state index < -0.39 is 0 Å². The highest BCUT2D eigenvalue weighted by Crippen LogP contribution is 2.26. The molecule has 0 radical (unpaired) electrons. The van der Waals surface area contributed by atoms with Crippen molar-refractivity contribution in [3.8, 4) is 11.5 Å². The normalized spacial score (nSPS) is 11.0. The highest BCUT2D eigenvalue weighted by Gasteiger charge is 2.08. The highest BCUT2D eigenvalue weighted by molar-refractivity contribution is 6.02. The van der Waals surface area contributed by atoms with E-state index in [2.05, 4.69) is 10.5 Å². The van der Waals surface area contributed by atoms with Crippen molar-refractivity contribution in [1.29, 1.82) is 0 Å². The highest BCUT2D eigenvalue weighted by atomic mass is 16.5. The summed E-state index contributed by atoms with van der Waals surface area (Å²) in [6.45, 7) is 6.29. The number of benzene rings is 3. The number of ether oxygens (including phenoxy) is 2. The Morgan fingerprint density at radius 2 is 1.75 bits per heavy atom. The number of carbonyl (C=O) groups excluding carboxylic acids is 1. The number of carbonyl (C=O) groups is 1. The molecule has 0 atom stereocenters. The van der Waals surface area contributed by atoms with Crippen LogP contribution >= 0.6 is 0 Å². The summed E-state index contributed by atoms with van der Waals surface area (Å²) in [6.07, 6.45) is 1.62. The van der Waals surface area contributed by atoms with Crippen LogP contribution in [0.15, 0.2) is 59.7 Å². The largest absolute Gasteiger partial charge is 0.493 e. The third-order valence-corrected chi connectivity index (χ3v) is 4.37. The molecule has 0 aliphatic heterocycles. The molecule has 0 fully saturated rings. The SMILES string of the molecule is CCOc1ccc2ccccc2c1/C=N\NC(=O)COc1c(C)cccc1C. The van der Waals surface area contributed by atoms with E-state index in [9.17, 15) is 4.79 Å². The maximum atomic E-state index is 12.1. The second-order valence-electron chi connectivity index (χ2n) is 6.43. The topological polar surface area (TPSA) is 59.9 Å². The molecule has 3 rings (SSSR count). The summed E-state index contributed by atoms with van der Waals surface area (Å²) < 4.78 is 11.4. The van der Waals surface area contributed by atoms with Crippen molar-refractivity contribution < 1.29 is 14.3 Å². The van der Waals surface area contributed by atoms with Crippen LogP contribution in [0.25, 0.3) is 10.8 Å². The fourth-order valence-electron chi connectivity index (χ4n) is 3.06. The van der Waals surface area contributed by atoms with Crippen LogP contribution in [0.5, 0.6) is 11.5 Å². The number of amides is 1. The predicted molar refractivity (Wildman–Crippen MR) is 112 cm³/mol. The quantitative estimate of drug-likeness (QED) is 0.492. The van der Waals surface area contributed by atoms with Gasteiger partial charge in [-0.15, -0.1) is 0 Å². The van der Waals surface area contributed by atoms with Crippen LogP contribution < -0.4 is 14.9 Å². The lowest BCUT2D eigenvalue weighted by Crippen LogP contribution is -2.25. The maximum Gasteiger partial charge on any atom is 0.277 e. The summed E-state index contributed by atoms with van der Waals surface area (Å²) in [7, 11) is 0. The first-order valence-corrected chi connectivity index (χ1v) is 9.25. The van der Waals surface area contributed by atoms with Crippen LogP contribution in [-0.2, 0) is 4.79 Å². The Balaban J connectivity index is 1.70. The lowest BCUT2D eigenvalue weighted by Gasteiger charge is -2.11. The zero-order valence-electron chi connectivity index (χ0n) is 16.4. The fraction of sp³-hybridized carbons (Fsp3) is 0.217. The Kier molecular flexibility index (Phi) is 6.27. The first-order valence-electron chi connectivity index (χ1n) is 9.25. The van der Waals surface area contributed by atoms with Gasteiger partial charge in [0.25, 0.3) is 5.91 Å². The second-order valence-corrected chi connectivity index (χ2v) is 6.43. The number of hydrogen-bond acceptors (Lipinski definition) is 4. The van der Waals surface area contributed by atoms with Gasteiger partial charge in [0.05, 0.1) is 12.8 Å². The third kappa shape index (κ3) is 4.49. The van der Waals surface area contributed by atoms with E-state index in [1.807, 2.05) is 75.4 Å². The van der Waals surface area contributed by atoms with Crippen LogP contribution in [0.2, 0.25) is 0 Å². The number of para-hydroxylation sites is 1. The number of rotatable bonds is 7. The molecule has 0 saturated carbocycles. The lowest BCUT2D eigenvalue weighted by molar-refractivity contribution is -0.123. The van der Waals surface area contributed by atoms with Crippen molar-refractivity contribution in [2.45, 2.75) is 20.8 Å². The van der Waals surface area contributed by atoms with E-state index >= 15 is 0 Å². The van der Waals surface area contributed by atoms with Crippen molar-refractivity contribution in [1.82, 2.24) is 5.43 Å². The predicted octanol–water partition coefficient (Wildman–Crippen LogP) is 4.38. The zero-order chi connectivity index (χ0) is 19.9. The minimum absolute atomic E-state index is 0.100. The van der Waals surface area contributed by atoms with E-state index in [4.69, 9.17) is 9.47 Å². The molecular formula is C23H24N2O3. The molecular weight excluding hydrogens is 352 g/mol. The van der Waals surface area contributed by atoms with Crippen molar-refractivity contribution in [2.24, 2.45) is 5.10 Å². The Labute approximate surface area is 165 Å². The van der Waals surface area contributed by atoms with E-state index in [0.717, 1.165) is 39.0 Å². The lowest BCUT2D eigenvalue weighted by atomic mass is 10.0. The van der Waals surface area contributed by atoms with Gasteiger partial charge < -0.3 is 9.47 Å². The molecule has 1 amide bonds. The van der Waals surface area contributed by atoms with Gasteiger partial charge in [-0.25, -0.2) is 5.43 Å². The summed E-state index contributed by atoms with van der Waals surface area (Å²) in [5, 5.41) is 6.20. The molecule has 0 heterocycles. The minimum Gasteiger partial charge on any atom is -0.493 e. The Bertz CT molecular complexity index is 992. The average molecular weight is 376 g/mol. The molecule has 0 aliphatic carbocycles. The van der Waals surface area contributed by atoms with Crippen molar-refractivity contribution in [2.75, 3.05) is 13.2 Å². The number of hydrogen-bond donors (Lipinski definition) is 1. The Hall–Kier alpha value is -3.34. The van der Waals surface area contributed by atoms with Crippen LogP contribution in [0.4, 0.5) is 0 Å². The van der Waals surface area contributed by atoms with E-state index in [-0.39, 0.29) is 12.5 Å². The monoisotopic (exact) mass is 376 g/mol. The van der Waals surface area contributed by atoms with Gasteiger partial charge in [0.1, 0.15) is 11.5 Å². The van der Waals surface area contributed by atoms with Gasteiger partial charge in [-0.05, 0) is 48.7 Å². The zero-order valence-corrected chi connectivity index (χ0v) is 16.4. The molecule has 1 N–H and O–H groups in total. The molecule has 3 aromatic rings. The van der Waals surface area contributed by atoms with E-state index in [1.165, 1.54) is 0 Å². The van der Waals surface area contributed by atoms with Gasteiger partial charge in [-0.3, -0.25) is 4.79 Å². The summed E-state index contributed by atoms with van der Waals surface area (Å²) in [5.74, 6) is 1.14. The molecule has 0 saturated heterocycles. The summed E-state index contributed by atoms with van der Waals surface area (Å²) in [5.41, 5.74) is 5.34. The number of nitrogens with one attached hydrogen (secondary N) is 1. The van der Waals surface area contributed by atoms with E-state index in [1.54, 1.807) is 6.21 Å². The van der Waals surface area contributed by atoms with Gasteiger partial charge in [-0.1, -0.05) is 48.5 Å². The van der Waals surface area contributed by atoms with Crippen LogP contribution in [0.1, 0.15) is 23.6 Å². The van der Waals surface area contributed by atoms with Gasteiger partial charge in [0.15, 0.2) is 6.61 Å². The molecule has 0 aromatic heterocycles. The smallest absolute Gasteiger partial charge is 0.277 e. The summed E-state index contributed by atoms with van der Waals surface area (Å²) in [4.78, 5) is 12.1. The van der Waals surface area contributed by atoms with E-state index in [0.29, 0.717) is 6.61 Å². The first-order chi connectivity index (χ1) is 13.6. The molecule has 28 heavy (non-hydrogen) atoms. The summed E-state index contributed by atoms with van der Waals surface area (Å²) in [6, 6.07) is 17.8. The van der Waals surface area contributed by atoms with Gasteiger partial charge >= 0.3 is 0 Å². The van der Waals surface area contributed by atoms with Crippen molar-refractivity contribution in [3.63, 3.8) is 0 Å². The summed E-state index contributed by atoms with van der Waals surface area (Å²) >= 11 is 0. The average Bonchev–Trinajstić information content (AvgIpc) is 2.69. The van der Waals surface area contributed by atoms with Crippen molar-refractivity contribution >= 4 is 22.9 Å². The minimum atomic E-state index is -0.322. The molecule has 144 valence electrons. The third-order valence-electron chi connectivity index (χ3n) is 4.37. The van der Waals surface area contributed by atoms with Gasteiger partial charge in [-0.2, -0.15) is 5.10 Å². The number of nitrogens with zero attached hydrogens (tertiary/aromatic N) is 1. The van der Waals surface area contributed by atoms with Gasteiger partial charge in [0.2, 0.25) is 0 Å². The van der Waals surface area contributed by atoms with Crippen LogP contribution in [0, 0.1) is 13.8 Å². The molecule has 0 aliphatic rings. The standard InChI is InChI=1S/C23H24N2O3/c1-4-27-21-13-12-18-10-5-6-11-19(18)20(21)14-24-25-22(26)15-28-23-16(2)8-7-9-17(23)3/h5-14H,4,15H2,1-3H3,(H,25,26)/b24-14-. The molecule has 0 spiro atoms. The van der Waals surface area contributed by atoms with Crippen LogP contribution in [0.3, 0.4) is 0 Å². The number of hydrazone groups is 1. The molecule has 0 unspecified atom stereocenters. The number of fused-ring (bicyclic) bond motifs is 1. The molecule has 0 bridgehead atoms. The second kappa shape index (κ2) is 9.04. The molecule has 3 aromatic carbocycles. The first kappa shape index (κ1) is 19.4. The fourth-order valence-corrected chi connectivity index (χ4v) is 3.06.